The van der Waals surface area contributed by atoms with E-state index in [2.05, 4.69) is 20.0 Å². The molecule has 0 fully saturated rings. The Morgan fingerprint density at radius 2 is 2.00 bits per heavy atom. The summed E-state index contributed by atoms with van der Waals surface area (Å²) in [6.45, 7) is 3.82. The predicted molar refractivity (Wildman–Crippen MR) is 168 cm³/mol. The Hall–Kier alpha value is -3.63. The van der Waals surface area contributed by atoms with Crippen LogP contribution in [-0.2, 0) is 31.2 Å². The summed E-state index contributed by atoms with van der Waals surface area (Å²) in [6.07, 6.45) is -1.65. The number of nitrogens with zero attached hydrogens (tertiary/aromatic N) is 5. The van der Waals surface area contributed by atoms with Crippen molar-refractivity contribution in [2.24, 2.45) is 7.05 Å². The van der Waals surface area contributed by atoms with Gasteiger partial charge >= 0.3 is 12.3 Å². The molecule has 252 valence electrons. The molecule has 0 unspecified atom stereocenters. The highest BCUT2D eigenvalue weighted by molar-refractivity contribution is 8.22. The molecule has 0 radical (unpaired) electrons. The largest absolute Gasteiger partial charge is 0.573 e. The van der Waals surface area contributed by atoms with Gasteiger partial charge in [0.15, 0.2) is 5.75 Å². The van der Waals surface area contributed by atoms with Crippen LogP contribution < -0.4 is 9.47 Å². The molecule has 0 bridgehead atoms. The molecule has 16 heteroatoms. The molecule has 0 saturated carbocycles. The number of alkyl halides is 3. The minimum absolute atomic E-state index is 0.0289. The molecule has 1 aliphatic heterocycles. The van der Waals surface area contributed by atoms with E-state index in [1.165, 1.54) is 30.1 Å². The van der Waals surface area contributed by atoms with Crippen molar-refractivity contribution in [3.63, 3.8) is 0 Å². The molecule has 0 amide bonds. The van der Waals surface area contributed by atoms with Gasteiger partial charge in [0.2, 0.25) is 5.88 Å². The standard InChI is InChI=1S/C31H33ClF3N5O6S/c1-4-21-15-40(47(43,44)26-10-20(32)13-36-30(26)45-21)14-19-9-18(8-17-6-5-7-22(17)19)24(12-27(41)42)23-11-25(46-31(33,34)35)29-28(16(23)2)37-38-39(29)3/h8-11,13,21,24,43-44H,4-7,12,14-15H2,1-3H3,(H,41,42)/t21-,24-/m1/s1. The average Bonchev–Trinajstić information content (AvgIpc) is 3.61. The number of ether oxygens (including phenoxy) is 2. The van der Waals surface area contributed by atoms with Crippen molar-refractivity contribution in [1.82, 2.24) is 24.3 Å². The predicted octanol–water partition coefficient (Wildman–Crippen LogP) is 7.02. The van der Waals surface area contributed by atoms with Crippen molar-refractivity contribution in [3.8, 4) is 11.6 Å². The second-order valence-electron chi connectivity index (χ2n) is 11.8. The minimum atomic E-state index is -5.01. The molecule has 3 N–H and O–H groups in total. The third kappa shape index (κ3) is 6.46. The van der Waals surface area contributed by atoms with Crippen LogP contribution in [0.15, 0.2) is 35.4 Å². The van der Waals surface area contributed by atoms with Gasteiger partial charge in [-0.25, -0.2) is 9.67 Å². The number of carbonyl (C=O) groups is 1. The van der Waals surface area contributed by atoms with Gasteiger partial charge in [-0.05, 0) is 78.1 Å². The van der Waals surface area contributed by atoms with Crippen molar-refractivity contribution in [2.45, 2.75) is 75.8 Å². The van der Waals surface area contributed by atoms with E-state index in [9.17, 15) is 32.2 Å². The monoisotopic (exact) mass is 695 g/mol. The van der Waals surface area contributed by atoms with E-state index in [-0.39, 0.29) is 39.9 Å². The summed E-state index contributed by atoms with van der Waals surface area (Å²) in [5.41, 5.74) is 4.27. The molecule has 47 heavy (non-hydrogen) atoms. The molecule has 3 heterocycles. The first kappa shape index (κ1) is 33.3. The third-order valence-electron chi connectivity index (χ3n) is 8.77. The number of aromatic nitrogens is 4. The Morgan fingerprint density at radius 1 is 1.23 bits per heavy atom. The van der Waals surface area contributed by atoms with E-state index in [1.54, 1.807) is 11.2 Å². The highest BCUT2D eigenvalue weighted by atomic mass is 35.5. The molecule has 2 aromatic heterocycles. The number of benzene rings is 2. The average molecular weight is 696 g/mol. The molecule has 4 aromatic rings. The number of carboxylic acids is 1. The quantitative estimate of drug-likeness (QED) is 0.176. The summed E-state index contributed by atoms with van der Waals surface area (Å²) in [6, 6.07) is 6.38. The molecular formula is C31H33ClF3N5O6S. The number of carboxylic acid groups (broad SMARTS) is 1. The van der Waals surface area contributed by atoms with Gasteiger partial charge in [-0.2, -0.15) is 4.31 Å². The summed E-state index contributed by atoms with van der Waals surface area (Å²) in [7, 11) is -2.18. The maximum Gasteiger partial charge on any atom is 0.573 e. The van der Waals surface area contributed by atoms with Crippen LogP contribution in [0.4, 0.5) is 13.2 Å². The van der Waals surface area contributed by atoms with Crippen molar-refractivity contribution < 1.29 is 41.7 Å². The molecule has 6 rings (SSSR count). The zero-order valence-corrected chi connectivity index (χ0v) is 27.3. The second-order valence-corrected chi connectivity index (χ2v) is 14.2. The maximum atomic E-state index is 13.5. The lowest BCUT2D eigenvalue weighted by molar-refractivity contribution is -0.274. The SMILES string of the molecule is CC[C@@H]1CN(Cc2cc([C@@H](CC(=O)O)c3cc(OC(F)(F)F)c4c(nnn4C)c3C)cc3c2CCC3)S(O)(O)c2cc(Cl)cnc2O1. The van der Waals surface area contributed by atoms with Crippen molar-refractivity contribution in [1.29, 1.82) is 0 Å². The molecule has 2 aromatic carbocycles. The highest BCUT2D eigenvalue weighted by Crippen LogP contribution is 2.58. The Labute approximate surface area is 274 Å². The van der Waals surface area contributed by atoms with Gasteiger partial charge in [-0.3, -0.25) is 13.9 Å². The number of hydrogen-bond acceptors (Lipinski definition) is 9. The Bertz CT molecular complexity index is 1870. The number of rotatable bonds is 8. The van der Waals surface area contributed by atoms with Crippen LogP contribution >= 0.6 is 22.4 Å². The van der Waals surface area contributed by atoms with Crippen molar-refractivity contribution >= 4 is 39.4 Å². The number of halogens is 4. The van der Waals surface area contributed by atoms with E-state index >= 15 is 0 Å². The Morgan fingerprint density at radius 3 is 2.70 bits per heavy atom. The number of aryl methyl sites for hydroxylation is 3. The molecule has 2 atom stereocenters. The van der Waals surface area contributed by atoms with Gasteiger partial charge < -0.3 is 14.6 Å². The topological polar surface area (TPSA) is 143 Å². The highest BCUT2D eigenvalue weighted by Gasteiger charge is 2.38. The summed E-state index contributed by atoms with van der Waals surface area (Å²) in [4.78, 5) is 16.6. The van der Waals surface area contributed by atoms with Crippen LogP contribution in [0.1, 0.15) is 65.5 Å². The lowest BCUT2D eigenvalue weighted by atomic mass is 9.83. The first-order valence-corrected chi connectivity index (χ1v) is 16.8. The van der Waals surface area contributed by atoms with E-state index in [4.69, 9.17) is 16.3 Å². The van der Waals surface area contributed by atoms with Gasteiger partial charge in [-0.1, -0.05) is 35.9 Å². The summed E-state index contributed by atoms with van der Waals surface area (Å²) < 4.78 is 77.0. The van der Waals surface area contributed by atoms with E-state index < -0.39 is 47.3 Å². The van der Waals surface area contributed by atoms with Gasteiger partial charge in [0.1, 0.15) is 22.0 Å². The molecular weight excluding hydrogens is 663 g/mol. The molecule has 1 aliphatic carbocycles. The van der Waals surface area contributed by atoms with Gasteiger partial charge in [-0.15, -0.1) is 29.0 Å². The third-order valence-corrected chi connectivity index (χ3v) is 10.9. The van der Waals surface area contributed by atoms with Crippen LogP contribution in [-0.4, -0.2) is 63.5 Å². The summed E-state index contributed by atoms with van der Waals surface area (Å²) in [5.74, 6) is -2.48. The first-order chi connectivity index (χ1) is 22.2. The Kier molecular flexibility index (Phi) is 8.80. The van der Waals surface area contributed by atoms with Crippen LogP contribution in [0.2, 0.25) is 5.02 Å². The van der Waals surface area contributed by atoms with E-state index in [0.717, 1.165) is 29.5 Å². The van der Waals surface area contributed by atoms with Gasteiger partial charge in [0, 0.05) is 25.7 Å². The summed E-state index contributed by atoms with van der Waals surface area (Å²) >= 11 is 6.19. The van der Waals surface area contributed by atoms with Crippen molar-refractivity contribution in [2.75, 3.05) is 6.54 Å². The van der Waals surface area contributed by atoms with Crippen LogP contribution in [0.5, 0.6) is 11.6 Å². The maximum absolute atomic E-state index is 13.5. The second kappa shape index (κ2) is 12.4. The van der Waals surface area contributed by atoms with Crippen molar-refractivity contribution in [3.05, 3.63) is 68.9 Å². The lowest BCUT2D eigenvalue weighted by Crippen LogP contribution is -2.34. The van der Waals surface area contributed by atoms with Crippen LogP contribution in [0.25, 0.3) is 11.0 Å². The van der Waals surface area contributed by atoms with Crippen LogP contribution in [0.3, 0.4) is 0 Å². The van der Waals surface area contributed by atoms with E-state index in [0.29, 0.717) is 29.5 Å². The number of aliphatic carboxylic acids is 1. The van der Waals surface area contributed by atoms with Gasteiger partial charge in [0.25, 0.3) is 0 Å². The molecule has 0 spiro atoms. The fraction of sp³-hybridized carbons (Fsp3) is 0.419. The fourth-order valence-corrected chi connectivity index (χ4v) is 8.38. The number of fused-ring (bicyclic) bond motifs is 3. The zero-order valence-electron chi connectivity index (χ0n) is 25.7. The smallest absolute Gasteiger partial charge is 0.481 e. The Balaban J connectivity index is 1.48. The van der Waals surface area contributed by atoms with Gasteiger partial charge in [0.05, 0.1) is 18.0 Å². The lowest BCUT2D eigenvalue weighted by Gasteiger charge is -2.42. The number of hydrogen-bond donors (Lipinski definition) is 3. The van der Waals surface area contributed by atoms with E-state index in [1.807, 2.05) is 19.1 Å². The number of pyridine rings is 1. The molecule has 0 saturated heterocycles. The van der Waals surface area contributed by atoms with Crippen LogP contribution in [0, 0.1) is 6.92 Å². The first-order valence-electron chi connectivity index (χ1n) is 15.0. The molecule has 2 aliphatic rings. The summed E-state index contributed by atoms with van der Waals surface area (Å²) in [5, 5.41) is 18.2. The molecule has 11 nitrogen and oxygen atoms in total. The normalized spacial score (nSPS) is 19.0. The fourth-order valence-electron chi connectivity index (χ4n) is 6.57. The minimum Gasteiger partial charge on any atom is -0.481 e. The zero-order chi connectivity index (χ0) is 33.8.